The van der Waals surface area contributed by atoms with Crippen molar-refractivity contribution < 1.29 is 0 Å². The molecule has 3 nitrogen and oxygen atoms in total. The Morgan fingerprint density at radius 2 is 1.82 bits per heavy atom. The van der Waals surface area contributed by atoms with Gasteiger partial charge in [0, 0.05) is 23.3 Å². The molecule has 144 valence electrons. The molecule has 0 spiro atoms. The van der Waals surface area contributed by atoms with E-state index < -0.39 is 0 Å². The number of hydrogen-bond acceptors (Lipinski definition) is 4. The van der Waals surface area contributed by atoms with Crippen molar-refractivity contribution in [3.05, 3.63) is 83.6 Å². The van der Waals surface area contributed by atoms with Gasteiger partial charge in [-0.25, -0.2) is 4.98 Å². The van der Waals surface area contributed by atoms with Crippen molar-refractivity contribution in [2.75, 3.05) is 18.8 Å². The fraction of sp³-hybridized carbons (Fsp3) is 0.292. The van der Waals surface area contributed by atoms with Crippen LogP contribution in [0.5, 0.6) is 0 Å². The van der Waals surface area contributed by atoms with Crippen LogP contribution < -0.4 is 5.73 Å². The zero-order chi connectivity index (χ0) is 19.3. The lowest BCUT2D eigenvalue weighted by atomic mass is 9.86. The Labute approximate surface area is 172 Å². The van der Waals surface area contributed by atoms with E-state index in [0.717, 1.165) is 30.3 Å². The molecule has 0 amide bonds. The summed E-state index contributed by atoms with van der Waals surface area (Å²) in [5.41, 5.74) is 11.1. The molecule has 1 fully saturated rings. The molecule has 0 saturated carbocycles. The lowest BCUT2D eigenvalue weighted by Crippen LogP contribution is -2.32. The molecule has 2 heterocycles. The Bertz CT molecular complexity index is 901. The van der Waals surface area contributed by atoms with Gasteiger partial charge in [0.25, 0.3) is 0 Å². The van der Waals surface area contributed by atoms with E-state index in [1.54, 1.807) is 11.8 Å². The maximum Gasteiger partial charge on any atom is 0.101 e. The van der Waals surface area contributed by atoms with Crippen LogP contribution >= 0.6 is 11.8 Å². The molecule has 4 heteroatoms. The third-order valence-electron chi connectivity index (χ3n) is 5.52. The SMILES string of the molecule is Cc1ccc(N)cc1C1CCN(Cc2ccc(Sc3ccccn3)cc2)CC1. The number of hydrogen-bond donors (Lipinski definition) is 1. The van der Waals surface area contributed by atoms with E-state index in [1.807, 2.05) is 30.5 Å². The van der Waals surface area contributed by atoms with Crippen LogP contribution in [-0.4, -0.2) is 23.0 Å². The summed E-state index contributed by atoms with van der Waals surface area (Å²) >= 11 is 1.71. The van der Waals surface area contributed by atoms with Gasteiger partial charge in [0.1, 0.15) is 5.03 Å². The minimum Gasteiger partial charge on any atom is -0.399 e. The number of aryl methyl sites for hydroxylation is 1. The molecule has 0 unspecified atom stereocenters. The summed E-state index contributed by atoms with van der Waals surface area (Å²) in [6.45, 7) is 5.51. The Hall–Kier alpha value is -2.30. The molecular weight excluding hydrogens is 362 g/mol. The predicted octanol–water partition coefficient (Wildman–Crippen LogP) is 5.50. The summed E-state index contributed by atoms with van der Waals surface area (Å²) in [6, 6.07) is 21.3. The summed E-state index contributed by atoms with van der Waals surface area (Å²) in [7, 11) is 0. The molecule has 1 saturated heterocycles. The first-order valence-corrected chi connectivity index (χ1v) is 10.8. The maximum absolute atomic E-state index is 6.01. The number of piperidine rings is 1. The molecule has 28 heavy (non-hydrogen) atoms. The molecule has 0 aliphatic carbocycles. The lowest BCUT2D eigenvalue weighted by Gasteiger charge is -2.33. The molecule has 0 atom stereocenters. The normalized spacial score (nSPS) is 15.6. The van der Waals surface area contributed by atoms with Crippen LogP contribution in [0.25, 0.3) is 0 Å². The number of aromatic nitrogens is 1. The van der Waals surface area contributed by atoms with Gasteiger partial charge >= 0.3 is 0 Å². The summed E-state index contributed by atoms with van der Waals surface area (Å²) in [5, 5.41) is 1.04. The molecule has 2 N–H and O–H groups in total. The van der Waals surface area contributed by atoms with E-state index in [-0.39, 0.29) is 0 Å². The van der Waals surface area contributed by atoms with Crippen molar-refractivity contribution in [1.82, 2.24) is 9.88 Å². The second kappa shape index (κ2) is 8.80. The van der Waals surface area contributed by atoms with E-state index in [2.05, 4.69) is 53.2 Å². The fourth-order valence-electron chi connectivity index (χ4n) is 3.95. The number of likely N-dealkylation sites (tertiary alicyclic amines) is 1. The van der Waals surface area contributed by atoms with Crippen molar-refractivity contribution in [3.8, 4) is 0 Å². The monoisotopic (exact) mass is 389 g/mol. The van der Waals surface area contributed by atoms with Gasteiger partial charge in [0.15, 0.2) is 0 Å². The Kier molecular flexibility index (Phi) is 5.98. The topological polar surface area (TPSA) is 42.1 Å². The Morgan fingerprint density at radius 3 is 2.54 bits per heavy atom. The van der Waals surface area contributed by atoms with Crippen molar-refractivity contribution in [2.45, 2.75) is 42.1 Å². The number of nitrogens with zero attached hydrogens (tertiary/aromatic N) is 2. The van der Waals surface area contributed by atoms with E-state index in [9.17, 15) is 0 Å². The first kappa shape index (κ1) is 19.0. The molecular formula is C24H27N3S. The molecule has 1 aliphatic heterocycles. The second-order valence-corrected chi connectivity index (χ2v) is 8.67. The summed E-state index contributed by atoms with van der Waals surface area (Å²) in [5.74, 6) is 0.636. The van der Waals surface area contributed by atoms with Gasteiger partial charge in [0.2, 0.25) is 0 Å². The minimum atomic E-state index is 0.636. The van der Waals surface area contributed by atoms with Crippen LogP contribution in [0.4, 0.5) is 5.69 Å². The van der Waals surface area contributed by atoms with Crippen molar-refractivity contribution in [3.63, 3.8) is 0 Å². The zero-order valence-electron chi connectivity index (χ0n) is 16.3. The first-order chi connectivity index (χ1) is 13.7. The summed E-state index contributed by atoms with van der Waals surface area (Å²) in [6.07, 6.45) is 4.25. The minimum absolute atomic E-state index is 0.636. The summed E-state index contributed by atoms with van der Waals surface area (Å²) < 4.78 is 0. The van der Waals surface area contributed by atoms with Crippen molar-refractivity contribution in [2.24, 2.45) is 0 Å². The molecule has 1 aromatic heterocycles. The fourth-order valence-corrected chi connectivity index (χ4v) is 4.72. The van der Waals surface area contributed by atoms with Crippen LogP contribution in [0.1, 0.15) is 35.4 Å². The van der Waals surface area contributed by atoms with E-state index in [1.165, 1.54) is 34.4 Å². The molecule has 0 bridgehead atoms. The number of nitrogens with two attached hydrogens (primary N) is 1. The average molecular weight is 390 g/mol. The first-order valence-electron chi connectivity index (χ1n) is 9.93. The van der Waals surface area contributed by atoms with Crippen LogP contribution in [0.3, 0.4) is 0 Å². The Morgan fingerprint density at radius 1 is 1.04 bits per heavy atom. The lowest BCUT2D eigenvalue weighted by molar-refractivity contribution is 0.204. The summed E-state index contributed by atoms with van der Waals surface area (Å²) in [4.78, 5) is 8.18. The highest BCUT2D eigenvalue weighted by Crippen LogP contribution is 2.32. The molecule has 2 aromatic carbocycles. The Balaban J connectivity index is 1.31. The van der Waals surface area contributed by atoms with Gasteiger partial charge in [-0.15, -0.1) is 0 Å². The highest BCUT2D eigenvalue weighted by Gasteiger charge is 2.22. The number of anilines is 1. The van der Waals surface area contributed by atoms with Gasteiger partial charge < -0.3 is 5.73 Å². The van der Waals surface area contributed by atoms with Gasteiger partial charge in [-0.05, 0) is 91.9 Å². The molecule has 3 aromatic rings. The maximum atomic E-state index is 6.01. The average Bonchev–Trinajstić information content (AvgIpc) is 2.73. The highest BCUT2D eigenvalue weighted by atomic mass is 32.2. The van der Waals surface area contributed by atoms with Crippen LogP contribution in [0, 0.1) is 6.92 Å². The number of nitrogen functional groups attached to an aromatic ring is 1. The smallest absolute Gasteiger partial charge is 0.101 e. The van der Waals surface area contributed by atoms with Crippen molar-refractivity contribution >= 4 is 17.4 Å². The van der Waals surface area contributed by atoms with E-state index in [0.29, 0.717) is 5.92 Å². The van der Waals surface area contributed by atoms with Crippen LogP contribution in [-0.2, 0) is 6.54 Å². The number of pyridine rings is 1. The third kappa shape index (κ3) is 4.75. The zero-order valence-corrected chi connectivity index (χ0v) is 17.2. The quantitative estimate of drug-likeness (QED) is 0.585. The van der Waals surface area contributed by atoms with E-state index in [4.69, 9.17) is 5.73 Å². The van der Waals surface area contributed by atoms with Crippen molar-refractivity contribution in [1.29, 1.82) is 0 Å². The van der Waals surface area contributed by atoms with Crippen LogP contribution in [0.2, 0.25) is 0 Å². The van der Waals surface area contributed by atoms with Gasteiger partial charge in [-0.3, -0.25) is 4.90 Å². The standard InChI is InChI=1S/C24H27N3S/c1-18-5-8-21(25)16-23(18)20-11-14-27(15-12-20)17-19-6-9-22(10-7-19)28-24-4-2-3-13-26-24/h2-10,13,16,20H,11-12,14-15,17,25H2,1H3. The van der Waals surface area contributed by atoms with Crippen LogP contribution in [0.15, 0.2) is 76.8 Å². The molecule has 1 aliphatic rings. The molecule has 4 rings (SSSR count). The van der Waals surface area contributed by atoms with Gasteiger partial charge in [-0.1, -0.05) is 36.0 Å². The largest absolute Gasteiger partial charge is 0.399 e. The van der Waals surface area contributed by atoms with Gasteiger partial charge in [0.05, 0.1) is 0 Å². The van der Waals surface area contributed by atoms with Gasteiger partial charge in [-0.2, -0.15) is 0 Å². The number of benzene rings is 2. The highest BCUT2D eigenvalue weighted by molar-refractivity contribution is 7.99. The second-order valence-electron chi connectivity index (χ2n) is 7.58. The molecule has 0 radical (unpaired) electrons. The number of rotatable bonds is 5. The third-order valence-corrected chi connectivity index (χ3v) is 6.48. The predicted molar refractivity (Wildman–Crippen MR) is 118 cm³/mol. The van der Waals surface area contributed by atoms with E-state index >= 15 is 0 Å².